The van der Waals surface area contributed by atoms with Gasteiger partial charge < -0.3 is 15.4 Å². The first-order chi connectivity index (χ1) is 6.92. The molecule has 14 heavy (non-hydrogen) atoms. The number of fused-ring (bicyclic) bond motifs is 1. The van der Waals surface area contributed by atoms with Crippen LogP contribution in [0.15, 0.2) is 24.5 Å². The fourth-order valence-corrected chi connectivity index (χ4v) is 1.41. The highest BCUT2D eigenvalue weighted by molar-refractivity contribution is 5.87. The minimum atomic E-state index is 0.212. The van der Waals surface area contributed by atoms with E-state index in [0.29, 0.717) is 0 Å². The van der Waals surface area contributed by atoms with E-state index in [9.17, 15) is 0 Å². The average Bonchev–Trinajstić information content (AvgIpc) is 2.67. The zero-order valence-corrected chi connectivity index (χ0v) is 7.83. The molecule has 0 saturated heterocycles. The monoisotopic (exact) mass is 191 g/mol. The molecule has 0 amide bonds. The van der Waals surface area contributed by atoms with Crippen molar-refractivity contribution in [3.63, 3.8) is 0 Å². The van der Waals surface area contributed by atoms with E-state index in [1.807, 2.05) is 18.2 Å². The normalized spacial score (nSPS) is 10.6. The Morgan fingerprint density at radius 1 is 1.43 bits per heavy atom. The second-order valence-corrected chi connectivity index (χ2v) is 3.11. The van der Waals surface area contributed by atoms with Crippen LogP contribution in [0, 0.1) is 0 Å². The van der Waals surface area contributed by atoms with Crippen LogP contribution in [0.2, 0.25) is 0 Å². The molecule has 0 saturated carbocycles. The van der Waals surface area contributed by atoms with Gasteiger partial charge in [0.1, 0.15) is 5.52 Å². The first kappa shape index (κ1) is 9.02. The van der Waals surface area contributed by atoms with E-state index in [1.165, 1.54) is 0 Å². The Morgan fingerprint density at radius 2 is 2.36 bits per heavy atom. The maximum atomic E-state index is 8.66. The molecule has 0 aliphatic carbocycles. The van der Waals surface area contributed by atoms with Gasteiger partial charge in [0.25, 0.3) is 0 Å². The lowest BCUT2D eigenvalue weighted by atomic mass is 10.2. The van der Waals surface area contributed by atoms with E-state index in [0.717, 1.165) is 29.7 Å². The van der Waals surface area contributed by atoms with Crippen LogP contribution in [0.3, 0.4) is 0 Å². The van der Waals surface area contributed by atoms with E-state index in [4.69, 9.17) is 5.11 Å². The molecule has 74 valence electrons. The van der Waals surface area contributed by atoms with E-state index in [1.54, 1.807) is 6.33 Å². The fraction of sp³-hybridized carbons (Fsp3) is 0.300. The molecule has 0 unspecified atom stereocenters. The number of aliphatic hydroxyl groups excluding tert-OH is 1. The molecule has 2 aromatic rings. The average molecular weight is 191 g/mol. The standard InChI is InChI=1S/C10H13N3O/c14-6-2-5-11-8-3-1-4-9-10(8)13-7-12-9/h1,3-4,7,11,14H,2,5-6H2,(H,12,13). The van der Waals surface area contributed by atoms with E-state index >= 15 is 0 Å². The molecule has 1 heterocycles. The van der Waals surface area contributed by atoms with Gasteiger partial charge in [0.05, 0.1) is 17.5 Å². The molecule has 0 spiro atoms. The summed E-state index contributed by atoms with van der Waals surface area (Å²) in [6.07, 6.45) is 2.43. The summed E-state index contributed by atoms with van der Waals surface area (Å²) in [5, 5.41) is 11.9. The molecule has 4 nitrogen and oxygen atoms in total. The van der Waals surface area contributed by atoms with Crippen molar-refractivity contribution in [3.05, 3.63) is 24.5 Å². The number of benzene rings is 1. The predicted octanol–water partition coefficient (Wildman–Crippen LogP) is 1.36. The zero-order valence-electron chi connectivity index (χ0n) is 7.83. The molecule has 0 bridgehead atoms. The van der Waals surface area contributed by atoms with Crippen LogP contribution in [-0.4, -0.2) is 28.2 Å². The third kappa shape index (κ3) is 1.70. The Balaban J connectivity index is 2.19. The molecule has 3 N–H and O–H groups in total. The van der Waals surface area contributed by atoms with Crippen LogP contribution in [-0.2, 0) is 0 Å². The zero-order chi connectivity index (χ0) is 9.80. The SMILES string of the molecule is OCCCNc1cccc2[nH]cnc12. The fourth-order valence-electron chi connectivity index (χ4n) is 1.41. The van der Waals surface area contributed by atoms with Crippen molar-refractivity contribution in [2.24, 2.45) is 0 Å². The minimum Gasteiger partial charge on any atom is -0.396 e. The van der Waals surface area contributed by atoms with Crippen LogP contribution in [0.1, 0.15) is 6.42 Å². The second-order valence-electron chi connectivity index (χ2n) is 3.11. The molecule has 1 aromatic carbocycles. The van der Waals surface area contributed by atoms with Crippen molar-refractivity contribution in [1.29, 1.82) is 0 Å². The molecule has 2 rings (SSSR count). The highest BCUT2D eigenvalue weighted by Crippen LogP contribution is 2.19. The predicted molar refractivity (Wildman–Crippen MR) is 56.3 cm³/mol. The number of nitrogens with one attached hydrogen (secondary N) is 2. The van der Waals surface area contributed by atoms with Gasteiger partial charge >= 0.3 is 0 Å². The number of aromatic nitrogens is 2. The van der Waals surface area contributed by atoms with E-state index in [-0.39, 0.29) is 6.61 Å². The van der Waals surface area contributed by atoms with Gasteiger partial charge in [0.15, 0.2) is 0 Å². The van der Waals surface area contributed by atoms with Crippen LogP contribution < -0.4 is 5.32 Å². The molecule has 4 heteroatoms. The van der Waals surface area contributed by atoms with Gasteiger partial charge in [0, 0.05) is 13.2 Å². The number of hydrogen-bond acceptors (Lipinski definition) is 3. The maximum Gasteiger partial charge on any atom is 0.111 e. The topological polar surface area (TPSA) is 60.9 Å². The molecular weight excluding hydrogens is 178 g/mol. The highest BCUT2D eigenvalue weighted by atomic mass is 16.3. The molecule has 1 aromatic heterocycles. The Labute approximate surface area is 82.0 Å². The third-order valence-electron chi connectivity index (χ3n) is 2.10. The van der Waals surface area contributed by atoms with Gasteiger partial charge in [-0.05, 0) is 18.6 Å². The summed E-state index contributed by atoms with van der Waals surface area (Å²) in [6, 6.07) is 5.95. The summed E-state index contributed by atoms with van der Waals surface area (Å²) < 4.78 is 0. The summed E-state index contributed by atoms with van der Waals surface area (Å²) >= 11 is 0. The third-order valence-corrected chi connectivity index (χ3v) is 2.10. The maximum absolute atomic E-state index is 8.66. The number of anilines is 1. The van der Waals surface area contributed by atoms with Crippen molar-refractivity contribution in [2.45, 2.75) is 6.42 Å². The molecule has 0 fully saturated rings. The molecule has 0 atom stereocenters. The summed E-state index contributed by atoms with van der Waals surface area (Å²) in [7, 11) is 0. The Kier molecular flexibility index (Phi) is 2.65. The minimum absolute atomic E-state index is 0.212. The van der Waals surface area contributed by atoms with Gasteiger partial charge in [-0.1, -0.05) is 6.07 Å². The van der Waals surface area contributed by atoms with Crippen molar-refractivity contribution in [1.82, 2.24) is 9.97 Å². The lowest BCUT2D eigenvalue weighted by molar-refractivity contribution is 0.292. The lowest BCUT2D eigenvalue weighted by Crippen LogP contribution is -2.03. The summed E-state index contributed by atoms with van der Waals surface area (Å²) in [6.45, 7) is 0.978. The van der Waals surface area contributed by atoms with E-state index < -0.39 is 0 Å². The number of rotatable bonds is 4. The Morgan fingerprint density at radius 3 is 3.21 bits per heavy atom. The van der Waals surface area contributed by atoms with Gasteiger partial charge in [-0.15, -0.1) is 0 Å². The molecule has 0 radical (unpaired) electrons. The van der Waals surface area contributed by atoms with Crippen molar-refractivity contribution in [2.75, 3.05) is 18.5 Å². The molecule has 0 aliphatic rings. The second kappa shape index (κ2) is 4.11. The first-order valence-electron chi connectivity index (χ1n) is 4.68. The molecule has 0 aliphatic heterocycles. The first-order valence-corrected chi connectivity index (χ1v) is 4.68. The number of nitrogens with zero attached hydrogens (tertiary/aromatic N) is 1. The van der Waals surface area contributed by atoms with Crippen LogP contribution in [0.5, 0.6) is 0 Å². The number of hydrogen-bond donors (Lipinski definition) is 3. The highest BCUT2D eigenvalue weighted by Gasteiger charge is 2.00. The van der Waals surface area contributed by atoms with Gasteiger partial charge in [0.2, 0.25) is 0 Å². The summed E-state index contributed by atoms with van der Waals surface area (Å²) in [5.41, 5.74) is 2.99. The number of aliphatic hydroxyl groups is 1. The number of para-hydroxylation sites is 1. The quantitative estimate of drug-likeness (QED) is 0.639. The Hall–Kier alpha value is -1.55. The number of aromatic amines is 1. The Bertz CT molecular complexity index is 410. The lowest BCUT2D eigenvalue weighted by Gasteiger charge is -2.05. The summed E-state index contributed by atoms with van der Waals surface area (Å²) in [4.78, 5) is 7.27. The largest absolute Gasteiger partial charge is 0.396 e. The smallest absolute Gasteiger partial charge is 0.111 e. The molecular formula is C10H13N3O. The number of H-pyrrole nitrogens is 1. The van der Waals surface area contributed by atoms with Crippen molar-refractivity contribution in [3.8, 4) is 0 Å². The van der Waals surface area contributed by atoms with Crippen molar-refractivity contribution >= 4 is 16.7 Å². The van der Waals surface area contributed by atoms with Gasteiger partial charge in [-0.25, -0.2) is 4.98 Å². The van der Waals surface area contributed by atoms with Crippen LogP contribution in [0.25, 0.3) is 11.0 Å². The summed E-state index contributed by atoms with van der Waals surface area (Å²) in [5.74, 6) is 0. The van der Waals surface area contributed by atoms with Crippen LogP contribution >= 0.6 is 0 Å². The van der Waals surface area contributed by atoms with Crippen LogP contribution in [0.4, 0.5) is 5.69 Å². The number of imidazole rings is 1. The van der Waals surface area contributed by atoms with Gasteiger partial charge in [-0.3, -0.25) is 0 Å². The van der Waals surface area contributed by atoms with E-state index in [2.05, 4.69) is 15.3 Å². The van der Waals surface area contributed by atoms with Crippen molar-refractivity contribution < 1.29 is 5.11 Å². The van der Waals surface area contributed by atoms with Gasteiger partial charge in [-0.2, -0.15) is 0 Å².